The molecular formula is C26H25Cl3N2O4. The van der Waals surface area contributed by atoms with E-state index in [4.69, 9.17) is 34.8 Å². The number of benzene rings is 2. The van der Waals surface area contributed by atoms with Crippen LogP contribution in [-0.4, -0.2) is 45.4 Å². The minimum Gasteiger partial charge on any atom is -0.292 e. The molecule has 1 heterocycles. The normalized spacial score (nSPS) is 22.6. The summed E-state index contributed by atoms with van der Waals surface area (Å²) in [4.78, 5) is 54.7. The molecule has 2 aromatic rings. The number of carbonyl (C=O) groups is 4. The lowest BCUT2D eigenvalue weighted by Crippen LogP contribution is -2.57. The summed E-state index contributed by atoms with van der Waals surface area (Å²) in [6.45, 7) is 2.05. The number of imide groups is 1. The van der Waals surface area contributed by atoms with E-state index in [0.29, 0.717) is 17.9 Å². The number of halogens is 3. The van der Waals surface area contributed by atoms with Crippen molar-refractivity contribution in [2.75, 3.05) is 5.88 Å². The van der Waals surface area contributed by atoms with E-state index in [9.17, 15) is 19.2 Å². The van der Waals surface area contributed by atoms with Crippen LogP contribution in [0.1, 0.15) is 53.3 Å². The summed E-state index contributed by atoms with van der Waals surface area (Å²) < 4.78 is 0. The Balaban J connectivity index is 1.82. The van der Waals surface area contributed by atoms with Gasteiger partial charge < -0.3 is 0 Å². The van der Waals surface area contributed by atoms with Crippen molar-refractivity contribution in [2.45, 2.75) is 38.6 Å². The van der Waals surface area contributed by atoms with Crippen LogP contribution in [-0.2, 0) is 9.59 Å². The molecule has 6 nitrogen and oxygen atoms in total. The van der Waals surface area contributed by atoms with Crippen molar-refractivity contribution in [1.29, 1.82) is 0 Å². The first-order valence-electron chi connectivity index (χ1n) is 11.6. The van der Waals surface area contributed by atoms with Crippen molar-refractivity contribution in [3.63, 3.8) is 0 Å². The highest BCUT2D eigenvalue weighted by molar-refractivity contribution is 6.34. The largest absolute Gasteiger partial charge is 0.292 e. The minimum absolute atomic E-state index is 0.0242. The second-order valence-corrected chi connectivity index (χ2v) is 10.3. The van der Waals surface area contributed by atoms with E-state index >= 15 is 0 Å². The van der Waals surface area contributed by atoms with Gasteiger partial charge in [-0.2, -0.15) is 5.01 Å². The van der Waals surface area contributed by atoms with Crippen molar-refractivity contribution in [3.05, 3.63) is 69.7 Å². The smallest absolute Gasteiger partial charge is 0.275 e. The molecule has 4 atom stereocenters. The Bertz CT molecular complexity index is 1150. The number of alkyl halides is 1. The fourth-order valence-electron chi connectivity index (χ4n) is 4.99. The van der Waals surface area contributed by atoms with Crippen molar-refractivity contribution in [2.24, 2.45) is 17.8 Å². The molecule has 9 heteroatoms. The molecule has 1 saturated heterocycles. The summed E-state index contributed by atoms with van der Waals surface area (Å²) in [5.74, 6) is -2.80. The number of hydrogen-bond acceptors (Lipinski definition) is 4. The molecule has 0 N–H and O–H groups in total. The molecule has 4 rings (SSSR count). The lowest BCUT2D eigenvalue weighted by Gasteiger charge is -2.36. The molecular weight excluding hydrogens is 511 g/mol. The Morgan fingerprint density at radius 1 is 1.00 bits per heavy atom. The lowest BCUT2D eigenvalue weighted by molar-refractivity contribution is -0.156. The van der Waals surface area contributed by atoms with Crippen LogP contribution >= 0.6 is 34.8 Å². The number of Topliss-reactive ketones (excluding diaryl/α,β-unsaturated/α-hetero) is 1. The van der Waals surface area contributed by atoms with Gasteiger partial charge in [-0.1, -0.05) is 42.3 Å². The van der Waals surface area contributed by atoms with Crippen molar-refractivity contribution in [3.8, 4) is 0 Å². The molecule has 2 aliphatic rings. The fourth-order valence-corrected chi connectivity index (χ4v) is 5.54. The average Bonchev–Trinajstić information content (AvgIpc) is 3.08. The molecule has 0 bridgehead atoms. The summed E-state index contributed by atoms with van der Waals surface area (Å²) in [5, 5.41) is 2.48. The van der Waals surface area contributed by atoms with Gasteiger partial charge in [-0.25, -0.2) is 5.01 Å². The highest BCUT2D eigenvalue weighted by Crippen LogP contribution is 2.42. The Morgan fingerprint density at radius 3 is 2.31 bits per heavy atom. The zero-order valence-corrected chi connectivity index (χ0v) is 21.4. The van der Waals surface area contributed by atoms with Gasteiger partial charge in [0.1, 0.15) is 6.04 Å². The van der Waals surface area contributed by atoms with Crippen LogP contribution in [0.25, 0.3) is 0 Å². The molecule has 0 aromatic heterocycles. The van der Waals surface area contributed by atoms with Crippen LogP contribution in [0.2, 0.25) is 10.0 Å². The number of fused-ring (bicyclic) bond motifs is 1. The SMILES string of the molecule is C[C@@H]1CC[C@@H]2C(=O)N(N(C(=O)c3ccccc3Cl)[C@H](CCCl)C(=O)c3ccc(Cl)cc3)C(=O)[C@@H]2C1. The number of amides is 3. The van der Waals surface area contributed by atoms with Crippen LogP contribution < -0.4 is 0 Å². The number of carbonyl (C=O) groups excluding carboxylic acids is 4. The van der Waals surface area contributed by atoms with Crippen LogP contribution in [0.15, 0.2) is 48.5 Å². The van der Waals surface area contributed by atoms with Gasteiger partial charge in [-0.3, -0.25) is 19.2 Å². The monoisotopic (exact) mass is 534 g/mol. The maximum absolute atomic E-state index is 13.9. The Kier molecular flexibility index (Phi) is 7.84. The summed E-state index contributed by atoms with van der Waals surface area (Å²) in [7, 11) is 0. The molecule has 0 spiro atoms. The standard InChI is InChI=1S/C26H25Cl3N2O4/c1-15-6-11-18-20(14-15)26(35)31(24(18)33)30(25(34)19-4-2-3-5-21(19)29)22(12-13-27)23(32)16-7-9-17(28)10-8-16/h2-5,7-10,15,18,20,22H,6,11-14H2,1H3/t15-,18+,20-,22-/m1/s1. The molecule has 0 radical (unpaired) electrons. The Labute approximate surface area is 219 Å². The Morgan fingerprint density at radius 2 is 1.66 bits per heavy atom. The van der Waals surface area contributed by atoms with E-state index in [-0.39, 0.29) is 34.4 Å². The highest BCUT2D eigenvalue weighted by atomic mass is 35.5. The molecule has 2 fully saturated rings. The van der Waals surface area contributed by atoms with Crippen molar-refractivity contribution < 1.29 is 19.2 Å². The zero-order valence-electron chi connectivity index (χ0n) is 19.1. The van der Waals surface area contributed by atoms with E-state index in [2.05, 4.69) is 0 Å². The van der Waals surface area contributed by atoms with Gasteiger partial charge in [0.15, 0.2) is 5.78 Å². The van der Waals surface area contributed by atoms with Gasteiger partial charge in [0.05, 0.1) is 22.4 Å². The van der Waals surface area contributed by atoms with Gasteiger partial charge in [0.25, 0.3) is 17.7 Å². The van der Waals surface area contributed by atoms with Crippen molar-refractivity contribution >= 4 is 58.3 Å². The molecule has 184 valence electrons. The van der Waals surface area contributed by atoms with Crippen LogP contribution in [0.5, 0.6) is 0 Å². The van der Waals surface area contributed by atoms with Gasteiger partial charge in [-0.15, -0.1) is 11.6 Å². The third kappa shape index (κ3) is 4.97. The van der Waals surface area contributed by atoms with Gasteiger partial charge >= 0.3 is 0 Å². The second kappa shape index (κ2) is 10.7. The first kappa shape index (κ1) is 25.7. The number of ketones is 1. The minimum atomic E-state index is -1.19. The quantitative estimate of drug-likeness (QED) is 0.261. The van der Waals surface area contributed by atoms with E-state index in [1.54, 1.807) is 42.5 Å². The summed E-state index contributed by atoms with van der Waals surface area (Å²) in [5.41, 5.74) is 0.369. The lowest BCUT2D eigenvalue weighted by atomic mass is 9.76. The van der Waals surface area contributed by atoms with E-state index in [1.807, 2.05) is 6.92 Å². The molecule has 35 heavy (non-hydrogen) atoms. The first-order valence-corrected chi connectivity index (χ1v) is 12.8. The highest BCUT2D eigenvalue weighted by Gasteiger charge is 2.54. The molecule has 1 aliphatic carbocycles. The molecule has 0 unspecified atom stereocenters. The predicted octanol–water partition coefficient (Wildman–Crippen LogP) is 5.65. The zero-order chi connectivity index (χ0) is 25.3. The number of nitrogens with zero attached hydrogens (tertiary/aromatic N) is 2. The van der Waals surface area contributed by atoms with Crippen LogP contribution in [0.4, 0.5) is 0 Å². The van der Waals surface area contributed by atoms with Gasteiger partial charge in [-0.05, 0) is 68.0 Å². The second-order valence-electron chi connectivity index (χ2n) is 9.11. The summed E-state index contributed by atoms with van der Waals surface area (Å²) in [6, 6.07) is 11.4. The molecule has 1 saturated carbocycles. The van der Waals surface area contributed by atoms with Crippen LogP contribution in [0.3, 0.4) is 0 Å². The molecule has 2 aromatic carbocycles. The maximum Gasteiger partial charge on any atom is 0.275 e. The van der Waals surface area contributed by atoms with Crippen molar-refractivity contribution in [1.82, 2.24) is 10.0 Å². The molecule has 3 amide bonds. The third-order valence-corrected chi connectivity index (χ3v) is 7.60. The predicted molar refractivity (Wildman–Crippen MR) is 134 cm³/mol. The van der Waals surface area contributed by atoms with Gasteiger partial charge in [0, 0.05) is 16.5 Å². The van der Waals surface area contributed by atoms with Gasteiger partial charge in [0.2, 0.25) is 0 Å². The molecule has 1 aliphatic heterocycles. The first-order chi connectivity index (χ1) is 16.7. The Hall–Kier alpha value is -2.41. The fraction of sp³-hybridized carbons (Fsp3) is 0.385. The number of rotatable bonds is 7. The van der Waals surface area contributed by atoms with E-state index in [1.165, 1.54) is 6.07 Å². The van der Waals surface area contributed by atoms with E-state index < -0.39 is 41.4 Å². The summed E-state index contributed by atoms with van der Waals surface area (Å²) in [6.07, 6.45) is 1.97. The summed E-state index contributed by atoms with van der Waals surface area (Å²) >= 11 is 18.4. The topological polar surface area (TPSA) is 74.8 Å². The van der Waals surface area contributed by atoms with E-state index in [0.717, 1.165) is 16.4 Å². The number of hydrogen-bond donors (Lipinski definition) is 0. The average molecular weight is 536 g/mol. The third-order valence-electron chi connectivity index (χ3n) is 6.80. The van der Waals surface area contributed by atoms with Crippen LogP contribution in [0, 0.1) is 17.8 Å². The maximum atomic E-state index is 13.9. The number of hydrazine groups is 1.